The average molecular weight is 400 g/mol. The van der Waals surface area contributed by atoms with Crippen LogP contribution in [0, 0.1) is 5.82 Å². The lowest BCUT2D eigenvalue weighted by atomic mass is 10.0. The summed E-state index contributed by atoms with van der Waals surface area (Å²) < 4.78 is 24.1. The number of rotatable bonds is 6. The molecule has 0 saturated carbocycles. The highest BCUT2D eigenvalue weighted by atomic mass is 19.1. The lowest BCUT2D eigenvalue weighted by molar-refractivity contribution is 0.393. The Balaban J connectivity index is 1.52. The Kier molecular flexibility index (Phi) is 7.16. The molecule has 6 nitrogen and oxygen atoms in total. The number of methoxy groups -OCH3 is 2. The van der Waals surface area contributed by atoms with Crippen molar-refractivity contribution in [2.24, 2.45) is 4.99 Å². The molecule has 0 radical (unpaired) electrons. The summed E-state index contributed by atoms with van der Waals surface area (Å²) in [4.78, 5) is 6.64. The van der Waals surface area contributed by atoms with Gasteiger partial charge in [-0.15, -0.1) is 0 Å². The van der Waals surface area contributed by atoms with Crippen LogP contribution in [0.5, 0.6) is 11.5 Å². The number of aliphatic imine (C=N–C) groups is 1. The van der Waals surface area contributed by atoms with Gasteiger partial charge in [-0.2, -0.15) is 0 Å². The molecule has 0 aromatic heterocycles. The molecule has 1 heterocycles. The van der Waals surface area contributed by atoms with Gasteiger partial charge < -0.3 is 25.0 Å². The molecule has 1 fully saturated rings. The highest BCUT2D eigenvalue weighted by Gasteiger charge is 2.21. The number of hydrogen-bond donors (Lipinski definition) is 2. The summed E-state index contributed by atoms with van der Waals surface area (Å²) in [5.41, 5.74) is 1.99. The minimum Gasteiger partial charge on any atom is -0.497 e. The zero-order valence-electron chi connectivity index (χ0n) is 17.2. The van der Waals surface area contributed by atoms with E-state index in [0.717, 1.165) is 54.6 Å². The van der Waals surface area contributed by atoms with E-state index in [4.69, 9.17) is 9.47 Å². The first kappa shape index (κ1) is 20.8. The summed E-state index contributed by atoms with van der Waals surface area (Å²) in [5, 5.41) is 6.74. The zero-order valence-corrected chi connectivity index (χ0v) is 17.2. The maximum Gasteiger partial charge on any atom is 0.191 e. The second-order valence-corrected chi connectivity index (χ2v) is 7.03. The monoisotopic (exact) mass is 400 g/mol. The van der Waals surface area contributed by atoms with Gasteiger partial charge in [-0.25, -0.2) is 4.39 Å². The fraction of sp³-hybridized carbons (Fsp3) is 0.409. The van der Waals surface area contributed by atoms with Crippen molar-refractivity contribution in [3.8, 4) is 11.5 Å². The molecule has 0 atom stereocenters. The summed E-state index contributed by atoms with van der Waals surface area (Å²) >= 11 is 0. The van der Waals surface area contributed by atoms with E-state index in [2.05, 4.69) is 20.5 Å². The molecule has 0 aliphatic carbocycles. The zero-order chi connectivity index (χ0) is 20.6. The molecule has 0 spiro atoms. The smallest absolute Gasteiger partial charge is 0.191 e. The van der Waals surface area contributed by atoms with Crippen LogP contribution in [0.3, 0.4) is 0 Å². The van der Waals surface area contributed by atoms with Crippen molar-refractivity contribution in [3.63, 3.8) is 0 Å². The first-order valence-electron chi connectivity index (χ1n) is 9.81. The van der Waals surface area contributed by atoms with Crippen LogP contribution >= 0.6 is 0 Å². The summed E-state index contributed by atoms with van der Waals surface area (Å²) in [6, 6.07) is 12.9. The number of halogens is 1. The van der Waals surface area contributed by atoms with Crippen LogP contribution in [-0.2, 0) is 6.54 Å². The first-order valence-corrected chi connectivity index (χ1v) is 9.81. The summed E-state index contributed by atoms with van der Waals surface area (Å²) in [7, 11) is 5.08. The van der Waals surface area contributed by atoms with Crippen LogP contribution < -0.4 is 25.0 Å². The predicted octanol–water partition coefficient (Wildman–Crippen LogP) is 3.18. The first-order chi connectivity index (χ1) is 14.1. The largest absolute Gasteiger partial charge is 0.497 e. The second-order valence-electron chi connectivity index (χ2n) is 7.03. The van der Waals surface area contributed by atoms with Gasteiger partial charge in [0.15, 0.2) is 5.96 Å². The van der Waals surface area contributed by atoms with Gasteiger partial charge in [-0.05, 0) is 30.5 Å². The topological polar surface area (TPSA) is 58.1 Å². The number of benzene rings is 2. The standard InChI is InChI=1S/C22H29FN4O2/c1-24-22(25-15-16-5-4-6-17(23)11-16)26-18-7-9-27(10-8-18)19-12-20(28-2)14-21(13-19)29-3/h4-6,11-14,18H,7-10,15H2,1-3H3,(H2,24,25,26). The third-order valence-corrected chi connectivity index (χ3v) is 5.11. The molecule has 1 aliphatic rings. The highest BCUT2D eigenvalue weighted by molar-refractivity contribution is 5.80. The molecule has 3 rings (SSSR count). The molecule has 2 aromatic rings. The molecule has 2 aromatic carbocycles. The summed E-state index contributed by atoms with van der Waals surface area (Å²) in [6.45, 7) is 2.38. The Morgan fingerprint density at radius 2 is 1.79 bits per heavy atom. The molecular weight excluding hydrogens is 371 g/mol. The van der Waals surface area contributed by atoms with Gasteiger partial charge in [0, 0.05) is 56.6 Å². The van der Waals surface area contributed by atoms with Crippen molar-refractivity contribution in [2.75, 3.05) is 39.3 Å². The maximum atomic E-state index is 13.3. The second kappa shape index (κ2) is 10.0. The molecule has 29 heavy (non-hydrogen) atoms. The minimum atomic E-state index is -0.228. The van der Waals surface area contributed by atoms with Crippen LogP contribution in [0.15, 0.2) is 47.5 Å². The molecule has 7 heteroatoms. The number of anilines is 1. The van der Waals surface area contributed by atoms with Gasteiger partial charge in [-0.3, -0.25) is 4.99 Å². The van der Waals surface area contributed by atoms with Crippen molar-refractivity contribution < 1.29 is 13.9 Å². The Labute approximate surface area is 171 Å². The normalized spacial score (nSPS) is 15.2. The fourth-order valence-electron chi connectivity index (χ4n) is 3.48. The third-order valence-electron chi connectivity index (χ3n) is 5.11. The van der Waals surface area contributed by atoms with Crippen molar-refractivity contribution >= 4 is 11.6 Å². The van der Waals surface area contributed by atoms with Gasteiger partial charge in [0.05, 0.1) is 14.2 Å². The van der Waals surface area contributed by atoms with E-state index < -0.39 is 0 Å². The molecule has 0 bridgehead atoms. The average Bonchev–Trinajstić information content (AvgIpc) is 2.76. The van der Waals surface area contributed by atoms with Crippen molar-refractivity contribution in [3.05, 3.63) is 53.8 Å². The van der Waals surface area contributed by atoms with Gasteiger partial charge >= 0.3 is 0 Å². The maximum absolute atomic E-state index is 13.3. The van der Waals surface area contributed by atoms with Crippen LogP contribution in [0.4, 0.5) is 10.1 Å². The Morgan fingerprint density at radius 1 is 1.10 bits per heavy atom. The Bertz CT molecular complexity index is 813. The molecule has 1 saturated heterocycles. The SMILES string of the molecule is CN=C(NCc1cccc(F)c1)NC1CCN(c2cc(OC)cc(OC)c2)CC1. The minimum absolute atomic E-state index is 0.228. The highest BCUT2D eigenvalue weighted by Crippen LogP contribution is 2.30. The van der Waals surface area contributed by atoms with Gasteiger partial charge in [0.2, 0.25) is 0 Å². The summed E-state index contributed by atoms with van der Waals surface area (Å²) in [6.07, 6.45) is 1.97. The lowest BCUT2D eigenvalue weighted by Crippen LogP contribution is -2.48. The number of guanidine groups is 1. The van der Waals surface area contributed by atoms with E-state index in [1.807, 2.05) is 24.3 Å². The predicted molar refractivity (Wildman–Crippen MR) is 115 cm³/mol. The molecule has 2 N–H and O–H groups in total. The van der Waals surface area contributed by atoms with Crippen LogP contribution in [-0.4, -0.2) is 46.4 Å². The van der Waals surface area contributed by atoms with E-state index in [0.29, 0.717) is 12.6 Å². The number of nitrogens with zero attached hydrogens (tertiary/aromatic N) is 2. The van der Waals surface area contributed by atoms with E-state index in [1.165, 1.54) is 12.1 Å². The molecular formula is C22H29FN4O2. The van der Waals surface area contributed by atoms with Crippen molar-refractivity contribution in [2.45, 2.75) is 25.4 Å². The van der Waals surface area contributed by atoms with E-state index in [-0.39, 0.29) is 5.82 Å². The van der Waals surface area contributed by atoms with E-state index in [9.17, 15) is 4.39 Å². The van der Waals surface area contributed by atoms with Crippen molar-refractivity contribution in [1.82, 2.24) is 10.6 Å². The number of nitrogens with one attached hydrogen (secondary N) is 2. The molecule has 156 valence electrons. The van der Waals surface area contributed by atoms with Crippen LogP contribution in [0.1, 0.15) is 18.4 Å². The number of ether oxygens (including phenoxy) is 2. The van der Waals surface area contributed by atoms with E-state index >= 15 is 0 Å². The molecule has 0 unspecified atom stereocenters. The van der Waals surface area contributed by atoms with Gasteiger partial charge in [0.25, 0.3) is 0 Å². The number of piperidine rings is 1. The van der Waals surface area contributed by atoms with Crippen LogP contribution in [0.25, 0.3) is 0 Å². The molecule has 1 aliphatic heterocycles. The van der Waals surface area contributed by atoms with Crippen molar-refractivity contribution in [1.29, 1.82) is 0 Å². The van der Waals surface area contributed by atoms with Gasteiger partial charge in [-0.1, -0.05) is 12.1 Å². The molecule has 0 amide bonds. The van der Waals surface area contributed by atoms with Crippen LogP contribution in [0.2, 0.25) is 0 Å². The van der Waals surface area contributed by atoms with Gasteiger partial charge in [0.1, 0.15) is 17.3 Å². The summed E-state index contributed by atoms with van der Waals surface area (Å²) in [5.74, 6) is 2.09. The Hall–Kier alpha value is -2.96. The third kappa shape index (κ3) is 5.76. The quantitative estimate of drug-likeness (QED) is 0.576. The van der Waals surface area contributed by atoms with E-state index in [1.54, 1.807) is 27.3 Å². The number of hydrogen-bond acceptors (Lipinski definition) is 4. The Morgan fingerprint density at radius 3 is 2.38 bits per heavy atom. The lowest BCUT2D eigenvalue weighted by Gasteiger charge is -2.34. The fourth-order valence-corrected chi connectivity index (χ4v) is 3.48.